The Morgan fingerprint density at radius 2 is 2.10 bits per heavy atom. The van der Waals surface area contributed by atoms with Crippen LogP contribution in [0.25, 0.3) is 0 Å². The third-order valence-electron chi connectivity index (χ3n) is 3.04. The van der Waals surface area contributed by atoms with Gasteiger partial charge in [0.1, 0.15) is 12.4 Å². The van der Waals surface area contributed by atoms with Crippen LogP contribution in [-0.4, -0.2) is 51.6 Å². The lowest BCUT2D eigenvalue weighted by Gasteiger charge is -2.15. The van der Waals surface area contributed by atoms with Gasteiger partial charge in [0.05, 0.1) is 5.69 Å². The van der Waals surface area contributed by atoms with Gasteiger partial charge in [-0.1, -0.05) is 6.07 Å². The van der Waals surface area contributed by atoms with Gasteiger partial charge in [-0.05, 0) is 58.7 Å². The smallest absolute Gasteiger partial charge is 0.224 e. The molecule has 1 aromatic rings. The zero-order chi connectivity index (χ0) is 15.7. The molecule has 1 aromatic carbocycles. The third-order valence-corrected chi connectivity index (χ3v) is 3.04. The lowest BCUT2D eigenvalue weighted by molar-refractivity contribution is -0.116. The number of carbonyl (C=O) groups excluding carboxylic acids is 1. The number of benzene rings is 1. The first-order valence-electron chi connectivity index (χ1n) is 7.35. The number of amides is 1. The van der Waals surface area contributed by atoms with Gasteiger partial charge in [-0.3, -0.25) is 4.79 Å². The molecule has 2 N–H and O–H groups in total. The molecule has 5 heteroatoms. The molecular weight excluding hydrogens is 266 g/mol. The highest BCUT2D eigenvalue weighted by Crippen LogP contribution is 2.26. The Bertz CT molecular complexity index is 447. The summed E-state index contributed by atoms with van der Waals surface area (Å²) in [6.07, 6.45) is 1.33. The molecular formula is C16H27N3O2. The van der Waals surface area contributed by atoms with Crippen molar-refractivity contribution in [1.29, 1.82) is 0 Å². The normalized spacial score (nSPS) is 10.7. The highest BCUT2D eigenvalue weighted by atomic mass is 16.5. The summed E-state index contributed by atoms with van der Waals surface area (Å²) in [7, 11) is 5.89. The Morgan fingerprint density at radius 1 is 1.33 bits per heavy atom. The fourth-order valence-corrected chi connectivity index (χ4v) is 1.83. The molecule has 21 heavy (non-hydrogen) atoms. The second kappa shape index (κ2) is 9.37. The van der Waals surface area contributed by atoms with Crippen molar-refractivity contribution in [1.82, 2.24) is 10.2 Å². The molecule has 1 amide bonds. The first kappa shape index (κ1) is 17.5. The Morgan fingerprint density at radius 3 is 2.76 bits per heavy atom. The lowest BCUT2D eigenvalue weighted by atomic mass is 10.2. The summed E-state index contributed by atoms with van der Waals surface area (Å²) < 4.78 is 5.79. The quantitative estimate of drug-likeness (QED) is 0.683. The van der Waals surface area contributed by atoms with Crippen LogP contribution in [-0.2, 0) is 4.79 Å². The summed E-state index contributed by atoms with van der Waals surface area (Å²) in [6.45, 7) is 4.29. The summed E-state index contributed by atoms with van der Waals surface area (Å²) in [5, 5.41) is 5.96. The largest absolute Gasteiger partial charge is 0.490 e. The molecule has 0 heterocycles. The van der Waals surface area contributed by atoms with Crippen molar-refractivity contribution in [3.05, 3.63) is 23.8 Å². The molecule has 0 saturated heterocycles. The first-order valence-corrected chi connectivity index (χ1v) is 7.35. The van der Waals surface area contributed by atoms with Gasteiger partial charge in [-0.2, -0.15) is 0 Å². The van der Waals surface area contributed by atoms with E-state index in [1.165, 1.54) is 0 Å². The van der Waals surface area contributed by atoms with E-state index in [-0.39, 0.29) is 5.91 Å². The summed E-state index contributed by atoms with van der Waals surface area (Å²) in [5.74, 6) is 0.755. The van der Waals surface area contributed by atoms with E-state index in [4.69, 9.17) is 4.74 Å². The number of ether oxygens (including phenoxy) is 1. The molecule has 0 fully saturated rings. The van der Waals surface area contributed by atoms with Crippen LogP contribution in [0, 0.1) is 6.92 Å². The molecule has 0 radical (unpaired) electrons. The van der Waals surface area contributed by atoms with E-state index in [0.29, 0.717) is 13.0 Å². The predicted octanol–water partition coefficient (Wildman–Crippen LogP) is 1.87. The number of nitrogens with zero attached hydrogens (tertiary/aromatic N) is 1. The number of aryl methyl sites for hydroxylation is 1. The van der Waals surface area contributed by atoms with Gasteiger partial charge in [-0.15, -0.1) is 0 Å². The fourth-order valence-electron chi connectivity index (χ4n) is 1.83. The molecule has 1 rings (SSSR count). The van der Waals surface area contributed by atoms with Crippen molar-refractivity contribution >= 4 is 11.6 Å². The average Bonchev–Trinajstić information content (AvgIpc) is 2.41. The van der Waals surface area contributed by atoms with Crippen molar-refractivity contribution in [3.8, 4) is 5.75 Å². The topological polar surface area (TPSA) is 53.6 Å². The van der Waals surface area contributed by atoms with E-state index < -0.39 is 0 Å². The van der Waals surface area contributed by atoms with Crippen LogP contribution in [0.4, 0.5) is 5.69 Å². The summed E-state index contributed by atoms with van der Waals surface area (Å²) in [5.41, 5.74) is 1.86. The monoisotopic (exact) mass is 293 g/mol. The molecule has 0 aliphatic carbocycles. The SMILES string of the molecule is CNCCCC(=O)Nc1ccc(C)cc1OCCN(C)C. The van der Waals surface area contributed by atoms with Crippen molar-refractivity contribution in [2.75, 3.05) is 46.2 Å². The van der Waals surface area contributed by atoms with Gasteiger partial charge in [0.2, 0.25) is 5.91 Å². The van der Waals surface area contributed by atoms with Crippen LogP contribution in [0.1, 0.15) is 18.4 Å². The maximum absolute atomic E-state index is 11.9. The zero-order valence-corrected chi connectivity index (χ0v) is 13.5. The number of hydrogen-bond acceptors (Lipinski definition) is 4. The first-order chi connectivity index (χ1) is 10.0. The summed E-state index contributed by atoms with van der Waals surface area (Å²) in [4.78, 5) is 14.0. The van der Waals surface area contributed by atoms with Gasteiger partial charge in [0.15, 0.2) is 0 Å². The van der Waals surface area contributed by atoms with Gasteiger partial charge in [0, 0.05) is 13.0 Å². The number of anilines is 1. The highest BCUT2D eigenvalue weighted by molar-refractivity contribution is 5.92. The molecule has 0 aliphatic rings. The minimum Gasteiger partial charge on any atom is -0.490 e. The molecule has 0 saturated carbocycles. The van der Waals surface area contributed by atoms with Gasteiger partial charge in [-0.25, -0.2) is 0 Å². The second-order valence-corrected chi connectivity index (χ2v) is 5.41. The maximum atomic E-state index is 11.9. The molecule has 0 unspecified atom stereocenters. The van der Waals surface area contributed by atoms with Gasteiger partial charge in [0.25, 0.3) is 0 Å². The van der Waals surface area contributed by atoms with Gasteiger partial charge < -0.3 is 20.3 Å². The van der Waals surface area contributed by atoms with E-state index in [2.05, 4.69) is 15.5 Å². The van der Waals surface area contributed by atoms with Crippen LogP contribution in [0.5, 0.6) is 5.75 Å². The Hall–Kier alpha value is -1.59. The van der Waals surface area contributed by atoms with Crippen molar-refractivity contribution in [2.45, 2.75) is 19.8 Å². The Labute approximate surface area is 127 Å². The number of rotatable bonds is 9. The number of carbonyl (C=O) groups is 1. The molecule has 0 aliphatic heterocycles. The summed E-state index contributed by atoms with van der Waals surface area (Å²) >= 11 is 0. The maximum Gasteiger partial charge on any atom is 0.224 e. The van der Waals surface area contributed by atoms with Crippen LogP contribution in [0.15, 0.2) is 18.2 Å². The molecule has 118 valence electrons. The fraction of sp³-hybridized carbons (Fsp3) is 0.562. The van der Waals surface area contributed by atoms with Gasteiger partial charge >= 0.3 is 0 Å². The van der Waals surface area contributed by atoms with Crippen LogP contribution in [0.2, 0.25) is 0 Å². The van der Waals surface area contributed by atoms with Crippen molar-refractivity contribution < 1.29 is 9.53 Å². The molecule has 0 bridgehead atoms. The predicted molar refractivity (Wildman–Crippen MR) is 87.0 cm³/mol. The highest BCUT2D eigenvalue weighted by Gasteiger charge is 2.08. The molecule has 0 atom stereocenters. The number of nitrogens with one attached hydrogen (secondary N) is 2. The Kier molecular flexibility index (Phi) is 7.79. The lowest BCUT2D eigenvalue weighted by Crippen LogP contribution is -2.20. The van der Waals surface area contributed by atoms with Crippen molar-refractivity contribution in [2.24, 2.45) is 0 Å². The average molecular weight is 293 g/mol. The van der Waals surface area contributed by atoms with Crippen LogP contribution in [0.3, 0.4) is 0 Å². The van der Waals surface area contributed by atoms with Crippen molar-refractivity contribution in [3.63, 3.8) is 0 Å². The van der Waals surface area contributed by atoms with Crippen LogP contribution < -0.4 is 15.4 Å². The molecule has 0 spiro atoms. The Balaban J connectivity index is 2.61. The number of likely N-dealkylation sites (N-methyl/N-ethyl adjacent to an activating group) is 1. The van der Waals surface area contributed by atoms with Crippen LogP contribution >= 0.6 is 0 Å². The van der Waals surface area contributed by atoms with E-state index in [9.17, 15) is 4.79 Å². The third kappa shape index (κ3) is 7.11. The van der Waals surface area contributed by atoms with E-state index in [1.54, 1.807) is 0 Å². The minimum atomic E-state index is 0.0200. The van der Waals surface area contributed by atoms with E-state index in [1.807, 2.05) is 46.3 Å². The summed E-state index contributed by atoms with van der Waals surface area (Å²) in [6, 6.07) is 5.83. The second-order valence-electron chi connectivity index (χ2n) is 5.41. The number of hydrogen-bond donors (Lipinski definition) is 2. The minimum absolute atomic E-state index is 0.0200. The zero-order valence-electron chi connectivity index (χ0n) is 13.5. The van der Waals surface area contributed by atoms with E-state index >= 15 is 0 Å². The standard InChI is InChI=1S/C16H27N3O2/c1-13-7-8-14(18-16(20)6-5-9-17-2)15(12-13)21-11-10-19(3)4/h7-8,12,17H,5-6,9-11H2,1-4H3,(H,18,20). The molecule has 0 aromatic heterocycles. The van der Waals surface area contributed by atoms with E-state index in [0.717, 1.165) is 36.5 Å². The molecule has 5 nitrogen and oxygen atoms in total.